The van der Waals surface area contributed by atoms with Crippen LogP contribution < -0.4 is 0 Å². The van der Waals surface area contributed by atoms with Gasteiger partial charge in [-0.2, -0.15) is 0 Å². The van der Waals surface area contributed by atoms with Crippen LogP contribution in [0.3, 0.4) is 0 Å². The highest BCUT2D eigenvalue weighted by Crippen LogP contribution is 2.31. The van der Waals surface area contributed by atoms with Gasteiger partial charge in [-0.3, -0.25) is 4.79 Å². The van der Waals surface area contributed by atoms with Crippen LogP contribution in [0.25, 0.3) is 0 Å². The first-order chi connectivity index (χ1) is 17.8. The maximum atomic E-state index is 14.5. The Balaban J connectivity index is 1.48. The molecule has 1 aliphatic heterocycles. The van der Waals surface area contributed by atoms with Gasteiger partial charge in [0.15, 0.2) is 0 Å². The van der Waals surface area contributed by atoms with E-state index in [1.54, 1.807) is 21.6 Å². The summed E-state index contributed by atoms with van der Waals surface area (Å²) < 4.78 is 62.9. The van der Waals surface area contributed by atoms with E-state index in [4.69, 9.17) is 4.74 Å². The van der Waals surface area contributed by atoms with Crippen molar-refractivity contribution in [1.29, 1.82) is 0 Å². The fraction of sp³-hybridized carbons (Fsp3) is 0.407. The Morgan fingerprint density at radius 2 is 1.78 bits per heavy atom. The first kappa shape index (κ1) is 25.5. The van der Waals surface area contributed by atoms with Gasteiger partial charge in [-0.1, -0.05) is 30.3 Å². The fourth-order valence-electron chi connectivity index (χ4n) is 4.67. The quantitative estimate of drug-likeness (QED) is 0.390. The Bertz CT molecular complexity index is 1380. The number of carbonyl (C=O) groups excluding carboxylic acids is 1. The van der Waals surface area contributed by atoms with Gasteiger partial charge in [0.1, 0.15) is 11.6 Å². The molecule has 0 bridgehead atoms. The minimum absolute atomic E-state index is 0.0271. The maximum absolute atomic E-state index is 14.5. The van der Waals surface area contributed by atoms with Crippen molar-refractivity contribution >= 4 is 15.7 Å². The van der Waals surface area contributed by atoms with Crippen LogP contribution in [0, 0.1) is 17.6 Å². The number of hydrogen-bond donors (Lipinski definition) is 0. The van der Waals surface area contributed by atoms with E-state index in [0.717, 1.165) is 25.7 Å². The lowest BCUT2D eigenvalue weighted by Gasteiger charge is -2.24. The van der Waals surface area contributed by atoms with E-state index in [-0.39, 0.29) is 35.5 Å². The average Bonchev–Trinajstić information content (AvgIpc) is 3.37. The van der Waals surface area contributed by atoms with Gasteiger partial charge < -0.3 is 14.2 Å². The molecular formula is C27H29F2N3O4S. The van der Waals surface area contributed by atoms with Gasteiger partial charge in [0.2, 0.25) is 15.0 Å². The molecule has 1 atom stereocenters. The summed E-state index contributed by atoms with van der Waals surface area (Å²) in [6.45, 7) is 1.34. The third kappa shape index (κ3) is 5.91. The Morgan fingerprint density at radius 1 is 1.05 bits per heavy atom. The Hall–Kier alpha value is -3.11. The molecule has 0 unspecified atom stereocenters. The summed E-state index contributed by atoms with van der Waals surface area (Å²) in [5.74, 6) is -1.87. The van der Waals surface area contributed by atoms with Crippen molar-refractivity contribution in [2.45, 2.75) is 55.8 Å². The number of imidazole rings is 1. The summed E-state index contributed by atoms with van der Waals surface area (Å²) in [4.78, 5) is 19.1. The van der Waals surface area contributed by atoms with Gasteiger partial charge in [-0.25, -0.2) is 22.2 Å². The lowest BCUT2D eigenvalue weighted by molar-refractivity contribution is 0.0718. The third-order valence-electron chi connectivity index (χ3n) is 6.81. The molecule has 1 saturated carbocycles. The number of amides is 1. The average molecular weight is 530 g/mol. The molecule has 2 aromatic carbocycles. The Kier molecular flexibility index (Phi) is 7.39. The van der Waals surface area contributed by atoms with Crippen molar-refractivity contribution in [3.05, 3.63) is 83.2 Å². The number of halogens is 2. The van der Waals surface area contributed by atoms with E-state index in [0.29, 0.717) is 24.8 Å². The van der Waals surface area contributed by atoms with Crippen molar-refractivity contribution in [1.82, 2.24) is 14.5 Å². The molecule has 2 fully saturated rings. The third-order valence-corrected chi connectivity index (χ3v) is 8.39. The van der Waals surface area contributed by atoms with Crippen LogP contribution in [0.5, 0.6) is 0 Å². The molecule has 1 amide bonds. The molecule has 5 rings (SSSR count). The lowest BCUT2D eigenvalue weighted by Crippen LogP contribution is -2.34. The minimum Gasteiger partial charge on any atom is -0.376 e. The van der Waals surface area contributed by atoms with E-state index in [9.17, 15) is 22.0 Å². The number of aromatic nitrogens is 2. The summed E-state index contributed by atoms with van der Waals surface area (Å²) >= 11 is 0. The Labute approximate surface area is 215 Å². The largest absolute Gasteiger partial charge is 0.376 e. The summed E-state index contributed by atoms with van der Waals surface area (Å²) in [6, 6.07) is 11.6. The molecule has 1 saturated heterocycles. The topological polar surface area (TPSA) is 81.5 Å². The van der Waals surface area contributed by atoms with E-state index < -0.39 is 33.1 Å². The van der Waals surface area contributed by atoms with Crippen LogP contribution in [0.15, 0.2) is 59.9 Å². The summed E-state index contributed by atoms with van der Waals surface area (Å²) in [6.07, 6.45) is 4.85. The molecular weight excluding hydrogens is 500 g/mol. The van der Waals surface area contributed by atoms with E-state index in [1.807, 2.05) is 0 Å². The normalized spacial score (nSPS) is 17.7. The molecule has 7 nitrogen and oxygen atoms in total. The molecule has 2 heterocycles. The monoisotopic (exact) mass is 529 g/mol. The van der Waals surface area contributed by atoms with E-state index in [2.05, 4.69) is 4.98 Å². The first-order valence-corrected chi connectivity index (χ1v) is 14.1. The second-order valence-corrected chi connectivity index (χ2v) is 11.6. The molecule has 2 aliphatic rings. The summed E-state index contributed by atoms with van der Waals surface area (Å²) in [5.41, 5.74) is 0.537. The predicted molar refractivity (Wildman–Crippen MR) is 132 cm³/mol. The van der Waals surface area contributed by atoms with Crippen LogP contribution in [0.2, 0.25) is 0 Å². The highest BCUT2D eigenvalue weighted by Gasteiger charge is 2.32. The second kappa shape index (κ2) is 10.7. The number of benzene rings is 2. The van der Waals surface area contributed by atoms with Crippen LogP contribution in [0.4, 0.5) is 8.78 Å². The first-order valence-electron chi connectivity index (χ1n) is 12.5. The summed E-state index contributed by atoms with van der Waals surface area (Å²) in [5, 5.41) is -0.189. The summed E-state index contributed by atoms with van der Waals surface area (Å²) in [7, 11) is -4.02. The predicted octanol–water partition coefficient (Wildman–Crippen LogP) is 4.37. The number of ether oxygens (including phenoxy) is 1. The molecule has 0 spiro atoms. The van der Waals surface area contributed by atoms with Gasteiger partial charge in [0.25, 0.3) is 5.91 Å². The van der Waals surface area contributed by atoms with Crippen molar-refractivity contribution < 1.29 is 26.7 Å². The molecule has 37 heavy (non-hydrogen) atoms. The lowest BCUT2D eigenvalue weighted by atomic mass is 10.1. The second-order valence-electron chi connectivity index (χ2n) is 9.74. The van der Waals surface area contributed by atoms with Crippen molar-refractivity contribution in [3.63, 3.8) is 0 Å². The highest BCUT2D eigenvalue weighted by atomic mass is 32.2. The van der Waals surface area contributed by atoms with Crippen molar-refractivity contribution in [3.8, 4) is 0 Å². The number of carbonyl (C=O) groups is 1. The number of sulfone groups is 1. The molecule has 0 radical (unpaired) electrons. The van der Waals surface area contributed by atoms with Gasteiger partial charge in [0, 0.05) is 18.7 Å². The van der Waals surface area contributed by atoms with Crippen molar-refractivity contribution in [2.75, 3.05) is 13.2 Å². The Morgan fingerprint density at radius 3 is 2.46 bits per heavy atom. The molecule has 3 aromatic rings. The van der Waals surface area contributed by atoms with Gasteiger partial charge >= 0.3 is 0 Å². The van der Waals surface area contributed by atoms with Crippen molar-refractivity contribution in [2.24, 2.45) is 5.92 Å². The zero-order chi connectivity index (χ0) is 26.0. The van der Waals surface area contributed by atoms with Gasteiger partial charge in [-0.15, -0.1) is 0 Å². The molecule has 1 aromatic heterocycles. The zero-order valence-electron chi connectivity index (χ0n) is 20.4. The molecule has 196 valence electrons. The SMILES string of the molecule is O=C(c1ccccc1F)N(Cc1cnc(S(=O)(=O)Cc2ccccc2F)n1C[C@@H]1CCCO1)CC1CC1. The number of rotatable bonds is 10. The van der Waals surface area contributed by atoms with Crippen LogP contribution in [-0.4, -0.2) is 48.0 Å². The van der Waals surface area contributed by atoms with Crippen LogP contribution in [0.1, 0.15) is 47.3 Å². The molecule has 10 heteroatoms. The minimum atomic E-state index is -4.02. The standard InChI is InChI=1S/C27H29F2N3O4S/c28-24-9-3-1-6-20(24)18-37(34,35)27-30-14-21(32(27)17-22-7-5-13-36-22)16-31(15-19-11-12-19)26(33)23-8-2-4-10-25(23)29/h1-4,6,8-10,14,19,22H,5,7,11-13,15-18H2/t22-/m0/s1. The highest BCUT2D eigenvalue weighted by molar-refractivity contribution is 7.90. The van der Waals surface area contributed by atoms with Gasteiger partial charge in [0.05, 0.1) is 42.4 Å². The fourth-order valence-corrected chi connectivity index (χ4v) is 6.18. The van der Waals surface area contributed by atoms with E-state index in [1.165, 1.54) is 42.6 Å². The number of nitrogens with zero attached hydrogens (tertiary/aromatic N) is 3. The van der Waals surface area contributed by atoms with E-state index >= 15 is 0 Å². The zero-order valence-corrected chi connectivity index (χ0v) is 21.2. The number of hydrogen-bond acceptors (Lipinski definition) is 5. The van der Waals surface area contributed by atoms with Crippen LogP contribution >= 0.6 is 0 Å². The molecule has 0 N–H and O–H groups in total. The van der Waals surface area contributed by atoms with Gasteiger partial charge in [-0.05, 0) is 49.8 Å². The smallest absolute Gasteiger partial charge is 0.257 e. The molecule has 1 aliphatic carbocycles. The maximum Gasteiger partial charge on any atom is 0.257 e. The van der Waals surface area contributed by atoms with Crippen LogP contribution in [-0.2, 0) is 33.4 Å².